The molecule has 2 aromatic rings. The van der Waals surface area contributed by atoms with E-state index in [-0.39, 0.29) is 0 Å². The van der Waals surface area contributed by atoms with Crippen molar-refractivity contribution in [3.05, 3.63) is 34.0 Å². The van der Waals surface area contributed by atoms with E-state index >= 15 is 0 Å². The van der Waals surface area contributed by atoms with Crippen LogP contribution in [0.2, 0.25) is 0 Å². The standard InChI is InChI=1S/C10H8BrNO/c11-6-1-2-7-8-4-12-5-10(8)13-9(7)3-6/h1-3,12H,4-5H2. The molecule has 0 radical (unpaired) electrons. The van der Waals surface area contributed by atoms with Gasteiger partial charge in [-0.3, -0.25) is 0 Å². The summed E-state index contributed by atoms with van der Waals surface area (Å²) in [5.74, 6) is 1.09. The molecule has 0 atom stereocenters. The summed E-state index contributed by atoms with van der Waals surface area (Å²) >= 11 is 3.43. The van der Waals surface area contributed by atoms with Crippen LogP contribution in [0, 0.1) is 0 Å². The van der Waals surface area contributed by atoms with Gasteiger partial charge in [0.15, 0.2) is 0 Å². The maximum Gasteiger partial charge on any atom is 0.135 e. The van der Waals surface area contributed by atoms with Crippen LogP contribution in [-0.2, 0) is 13.1 Å². The Labute approximate surface area is 84.0 Å². The Kier molecular flexibility index (Phi) is 1.51. The molecule has 1 aromatic carbocycles. The SMILES string of the molecule is Brc1ccc2c3c(oc2c1)CNC3. The van der Waals surface area contributed by atoms with Gasteiger partial charge in [-0.2, -0.15) is 0 Å². The highest BCUT2D eigenvalue weighted by atomic mass is 79.9. The first-order valence-corrected chi connectivity index (χ1v) is 5.04. The molecule has 1 aromatic heterocycles. The van der Waals surface area contributed by atoms with Crippen molar-refractivity contribution >= 4 is 26.9 Å². The van der Waals surface area contributed by atoms with E-state index in [1.54, 1.807) is 0 Å². The van der Waals surface area contributed by atoms with Crippen LogP contribution in [0.3, 0.4) is 0 Å². The number of benzene rings is 1. The molecule has 66 valence electrons. The molecule has 1 aliphatic rings. The highest BCUT2D eigenvalue weighted by Crippen LogP contribution is 2.30. The summed E-state index contributed by atoms with van der Waals surface area (Å²) in [5, 5.41) is 4.51. The Morgan fingerprint density at radius 3 is 3.15 bits per heavy atom. The van der Waals surface area contributed by atoms with Crippen molar-refractivity contribution in [2.45, 2.75) is 13.1 Å². The van der Waals surface area contributed by atoms with Gasteiger partial charge >= 0.3 is 0 Å². The molecule has 3 rings (SSSR count). The summed E-state index contributed by atoms with van der Waals surface area (Å²) in [4.78, 5) is 0. The first kappa shape index (κ1) is 7.59. The summed E-state index contributed by atoms with van der Waals surface area (Å²) in [6, 6.07) is 6.18. The summed E-state index contributed by atoms with van der Waals surface area (Å²) < 4.78 is 6.77. The van der Waals surface area contributed by atoms with Crippen LogP contribution in [0.15, 0.2) is 27.1 Å². The van der Waals surface area contributed by atoms with Crippen LogP contribution >= 0.6 is 15.9 Å². The minimum Gasteiger partial charge on any atom is -0.459 e. The Morgan fingerprint density at radius 1 is 1.31 bits per heavy atom. The molecular formula is C10H8BrNO. The van der Waals surface area contributed by atoms with Gasteiger partial charge in [0.25, 0.3) is 0 Å². The number of hydrogen-bond acceptors (Lipinski definition) is 2. The lowest BCUT2D eigenvalue weighted by Crippen LogP contribution is -2.00. The maximum atomic E-state index is 5.70. The number of nitrogens with one attached hydrogen (secondary N) is 1. The van der Waals surface area contributed by atoms with Gasteiger partial charge < -0.3 is 9.73 Å². The van der Waals surface area contributed by atoms with Crippen LogP contribution in [-0.4, -0.2) is 0 Å². The third-order valence-corrected chi connectivity index (χ3v) is 2.92. The van der Waals surface area contributed by atoms with Crippen molar-refractivity contribution in [3.8, 4) is 0 Å². The fourth-order valence-corrected chi connectivity index (χ4v) is 2.15. The van der Waals surface area contributed by atoms with Gasteiger partial charge in [0.05, 0.1) is 6.54 Å². The molecule has 0 unspecified atom stereocenters. The van der Waals surface area contributed by atoms with Gasteiger partial charge in [-0.1, -0.05) is 15.9 Å². The van der Waals surface area contributed by atoms with E-state index in [9.17, 15) is 0 Å². The van der Waals surface area contributed by atoms with E-state index < -0.39 is 0 Å². The van der Waals surface area contributed by atoms with E-state index in [2.05, 4.69) is 33.4 Å². The van der Waals surface area contributed by atoms with Crippen molar-refractivity contribution in [2.75, 3.05) is 0 Å². The Balaban J connectivity index is 2.38. The van der Waals surface area contributed by atoms with Gasteiger partial charge in [-0.15, -0.1) is 0 Å². The third kappa shape index (κ3) is 1.04. The Hall–Kier alpha value is -0.800. The maximum absolute atomic E-state index is 5.70. The van der Waals surface area contributed by atoms with Crippen LogP contribution in [0.1, 0.15) is 11.3 Å². The summed E-state index contributed by atoms with van der Waals surface area (Å²) in [6.07, 6.45) is 0. The topological polar surface area (TPSA) is 25.2 Å². The van der Waals surface area contributed by atoms with E-state index in [0.717, 1.165) is 28.9 Å². The Morgan fingerprint density at radius 2 is 2.23 bits per heavy atom. The van der Waals surface area contributed by atoms with Crippen molar-refractivity contribution < 1.29 is 4.42 Å². The number of fused-ring (bicyclic) bond motifs is 3. The smallest absolute Gasteiger partial charge is 0.135 e. The summed E-state index contributed by atoms with van der Waals surface area (Å²) in [6.45, 7) is 1.80. The normalized spacial score (nSPS) is 15.2. The molecule has 2 heterocycles. The summed E-state index contributed by atoms with van der Waals surface area (Å²) in [7, 11) is 0. The monoisotopic (exact) mass is 237 g/mol. The second-order valence-electron chi connectivity index (χ2n) is 3.25. The molecule has 0 aliphatic carbocycles. The number of hydrogen-bond donors (Lipinski definition) is 1. The molecule has 0 amide bonds. The fourth-order valence-electron chi connectivity index (χ4n) is 1.81. The lowest BCUT2D eigenvalue weighted by Gasteiger charge is -1.93. The molecule has 3 heteroatoms. The first-order chi connectivity index (χ1) is 6.34. The van der Waals surface area contributed by atoms with Crippen molar-refractivity contribution in [1.29, 1.82) is 0 Å². The largest absolute Gasteiger partial charge is 0.459 e. The molecule has 1 aliphatic heterocycles. The number of rotatable bonds is 0. The highest BCUT2D eigenvalue weighted by Gasteiger charge is 2.18. The predicted molar refractivity (Wildman–Crippen MR) is 54.5 cm³/mol. The number of halogens is 1. The molecule has 0 saturated heterocycles. The van der Waals surface area contributed by atoms with Crippen LogP contribution in [0.25, 0.3) is 11.0 Å². The van der Waals surface area contributed by atoms with Crippen molar-refractivity contribution in [3.63, 3.8) is 0 Å². The zero-order chi connectivity index (χ0) is 8.84. The van der Waals surface area contributed by atoms with Gasteiger partial charge in [0.2, 0.25) is 0 Å². The van der Waals surface area contributed by atoms with E-state index in [1.165, 1.54) is 10.9 Å². The van der Waals surface area contributed by atoms with Crippen LogP contribution in [0.4, 0.5) is 0 Å². The molecule has 2 nitrogen and oxygen atoms in total. The second kappa shape index (κ2) is 2.59. The number of furan rings is 1. The van der Waals surface area contributed by atoms with E-state index in [4.69, 9.17) is 4.42 Å². The highest BCUT2D eigenvalue weighted by molar-refractivity contribution is 9.10. The van der Waals surface area contributed by atoms with E-state index in [0.29, 0.717) is 0 Å². The minimum absolute atomic E-state index is 0.863. The molecule has 13 heavy (non-hydrogen) atoms. The molecular weight excluding hydrogens is 230 g/mol. The second-order valence-corrected chi connectivity index (χ2v) is 4.16. The Bertz CT molecular complexity index is 475. The van der Waals surface area contributed by atoms with Crippen LogP contribution < -0.4 is 5.32 Å². The molecule has 1 N–H and O–H groups in total. The zero-order valence-electron chi connectivity index (χ0n) is 6.93. The quantitative estimate of drug-likeness (QED) is 0.763. The molecule has 0 bridgehead atoms. The van der Waals surface area contributed by atoms with Crippen molar-refractivity contribution in [1.82, 2.24) is 5.32 Å². The van der Waals surface area contributed by atoms with Gasteiger partial charge in [-0.05, 0) is 18.2 Å². The zero-order valence-corrected chi connectivity index (χ0v) is 8.52. The average Bonchev–Trinajstić information content (AvgIpc) is 2.62. The lowest BCUT2D eigenvalue weighted by molar-refractivity contribution is 0.544. The molecule has 0 spiro atoms. The van der Waals surface area contributed by atoms with Crippen LogP contribution in [0.5, 0.6) is 0 Å². The third-order valence-electron chi connectivity index (χ3n) is 2.43. The molecule has 0 fully saturated rings. The first-order valence-electron chi connectivity index (χ1n) is 4.25. The van der Waals surface area contributed by atoms with Gasteiger partial charge in [0, 0.05) is 22.0 Å². The van der Waals surface area contributed by atoms with Crippen molar-refractivity contribution in [2.24, 2.45) is 0 Å². The predicted octanol–water partition coefficient (Wildman–Crippen LogP) is 2.80. The van der Waals surface area contributed by atoms with Gasteiger partial charge in [0.1, 0.15) is 11.3 Å². The molecule has 0 saturated carbocycles. The summed E-state index contributed by atoms with van der Waals surface area (Å²) in [5.41, 5.74) is 2.31. The van der Waals surface area contributed by atoms with E-state index in [1.807, 2.05) is 6.07 Å². The minimum atomic E-state index is 0.863. The fraction of sp³-hybridized carbons (Fsp3) is 0.200. The average molecular weight is 238 g/mol. The van der Waals surface area contributed by atoms with Gasteiger partial charge in [-0.25, -0.2) is 0 Å². The lowest BCUT2D eigenvalue weighted by atomic mass is 10.1.